The van der Waals surface area contributed by atoms with Crippen LogP contribution < -0.4 is 11.1 Å². The van der Waals surface area contributed by atoms with E-state index in [2.05, 4.69) is 41.4 Å². The smallest absolute Gasteiger partial charge is 0.234 e. The average molecular weight is 298 g/mol. The van der Waals surface area contributed by atoms with Gasteiger partial charge >= 0.3 is 0 Å². The summed E-state index contributed by atoms with van der Waals surface area (Å²) in [7, 11) is 0. The first kappa shape index (κ1) is 17.0. The summed E-state index contributed by atoms with van der Waals surface area (Å²) in [6.45, 7) is 5.01. The third-order valence-corrected chi connectivity index (χ3v) is 3.61. The van der Waals surface area contributed by atoms with Gasteiger partial charge in [0.1, 0.15) is 0 Å². The monoisotopic (exact) mass is 297 g/mol. The third-order valence-electron chi connectivity index (χ3n) is 3.61. The number of aryl methyl sites for hydroxylation is 1. The fraction of sp³-hybridized carbons (Fsp3) is 0.533. The molecular formula is C15H24ClN3O. The summed E-state index contributed by atoms with van der Waals surface area (Å²) >= 11 is 0. The molecule has 1 amide bonds. The zero-order valence-electron chi connectivity index (χ0n) is 12.0. The molecule has 1 heterocycles. The van der Waals surface area contributed by atoms with E-state index in [1.165, 1.54) is 5.56 Å². The Morgan fingerprint density at radius 3 is 2.50 bits per heavy atom. The number of piperidine rings is 1. The maximum Gasteiger partial charge on any atom is 0.234 e. The summed E-state index contributed by atoms with van der Waals surface area (Å²) in [6.07, 6.45) is 1.98. The number of amides is 1. The highest BCUT2D eigenvalue weighted by Gasteiger charge is 2.17. The van der Waals surface area contributed by atoms with E-state index < -0.39 is 0 Å². The van der Waals surface area contributed by atoms with Gasteiger partial charge in [-0.25, -0.2) is 0 Å². The second-order valence-corrected chi connectivity index (χ2v) is 5.38. The van der Waals surface area contributed by atoms with Gasteiger partial charge in [0, 0.05) is 25.7 Å². The number of hydrogen-bond acceptors (Lipinski definition) is 3. The minimum Gasteiger partial charge on any atom is -0.351 e. The molecule has 4 nitrogen and oxygen atoms in total. The quantitative estimate of drug-likeness (QED) is 0.884. The third kappa shape index (κ3) is 5.49. The number of likely N-dealkylation sites (tertiary alicyclic amines) is 1. The Morgan fingerprint density at radius 1 is 1.30 bits per heavy atom. The van der Waals surface area contributed by atoms with Crippen LogP contribution in [-0.2, 0) is 11.3 Å². The number of nitrogens with two attached hydrogens (primary N) is 1. The molecule has 1 aromatic rings. The number of rotatable bonds is 4. The molecule has 1 fully saturated rings. The molecule has 0 saturated carbocycles. The van der Waals surface area contributed by atoms with Gasteiger partial charge in [0.05, 0.1) is 6.54 Å². The fourth-order valence-corrected chi connectivity index (χ4v) is 2.28. The van der Waals surface area contributed by atoms with Crippen molar-refractivity contribution in [2.45, 2.75) is 32.4 Å². The highest BCUT2D eigenvalue weighted by molar-refractivity contribution is 5.85. The molecule has 112 valence electrons. The maximum atomic E-state index is 11.8. The minimum absolute atomic E-state index is 0. The summed E-state index contributed by atoms with van der Waals surface area (Å²) in [4.78, 5) is 14.0. The molecule has 0 aromatic heterocycles. The Balaban J connectivity index is 0.00000200. The highest BCUT2D eigenvalue weighted by Crippen LogP contribution is 2.07. The number of halogens is 1. The van der Waals surface area contributed by atoms with Gasteiger partial charge in [-0.2, -0.15) is 0 Å². The SMILES string of the molecule is Cc1ccc(CNC(=O)CN2CCC(N)CC2)cc1.Cl. The topological polar surface area (TPSA) is 58.4 Å². The Labute approximate surface area is 127 Å². The van der Waals surface area contributed by atoms with Crippen LogP contribution in [0.2, 0.25) is 0 Å². The fourth-order valence-electron chi connectivity index (χ4n) is 2.28. The van der Waals surface area contributed by atoms with E-state index in [0.717, 1.165) is 31.5 Å². The van der Waals surface area contributed by atoms with E-state index in [1.54, 1.807) is 0 Å². The van der Waals surface area contributed by atoms with Crippen LogP contribution in [-0.4, -0.2) is 36.5 Å². The lowest BCUT2D eigenvalue weighted by Crippen LogP contribution is -2.44. The van der Waals surface area contributed by atoms with Crippen molar-refractivity contribution in [1.29, 1.82) is 0 Å². The van der Waals surface area contributed by atoms with E-state index in [0.29, 0.717) is 19.1 Å². The Hall–Kier alpha value is -1.10. The van der Waals surface area contributed by atoms with Crippen LogP contribution >= 0.6 is 12.4 Å². The molecule has 1 aliphatic heterocycles. The number of hydrogen-bond donors (Lipinski definition) is 2. The van der Waals surface area contributed by atoms with Crippen LogP contribution in [0.3, 0.4) is 0 Å². The highest BCUT2D eigenvalue weighted by atomic mass is 35.5. The molecular weight excluding hydrogens is 274 g/mol. The van der Waals surface area contributed by atoms with Crippen molar-refractivity contribution in [3.05, 3.63) is 35.4 Å². The van der Waals surface area contributed by atoms with Gasteiger partial charge in [-0.1, -0.05) is 29.8 Å². The van der Waals surface area contributed by atoms with Gasteiger partial charge in [0.2, 0.25) is 5.91 Å². The number of nitrogens with zero attached hydrogens (tertiary/aromatic N) is 1. The Bertz CT molecular complexity index is 414. The summed E-state index contributed by atoms with van der Waals surface area (Å²) in [6, 6.07) is 8.54. The number of benzene rings is 1. The second-order valence-electron chi connectivity index (χ2n) is 5.38. The van der Waals surface area contributed by atoms with Crippen LogP contribution in [0.15, 0.2) is 24.3 Å². The Morgan fingerprint density at radius 2 is 1.90 bits per heavy atom. The summed E-state index contributed by atoms with van der Waals surface area (Å²) in [5, 5.41) is 2.97. The largest absolute Gasteiger partial charge is 0.351 e. The van der Waals surface area contributed by atoms with Gasteiger partial charge in [-0.3, -0.25) is 9.69 Å². The van der Waals surface area contributed by atoms with Crippen LogP contribution in [0.4, 0.5) is 0 Å². The first-order valence-corrected chi connectivity index (χ1v) is 6.93. The molecule has 0 unspecified atom stereocenters. The maximum absolute atomic E-state index is 11.8. The lowest BCUT2D eigenvalue weighted by Gasteiger charge is -2.29. The van der Waals surface area contributed by atoms with Crippen molar-refractivity contribution in [3.63, 3.8) is 0 Å². The number of nitrogens with one attached hydrogen (secondary N) is 1. The molecule has 2 rings (SSSR count). The summed E-state index contributed by atoms with van der Waals surface area (Å²) in [5.41, 5.74) is 8.22. The minimum atomic E-state index is 0. The van der Waals surface area contributed by atoms with Crippen LogP contribution in [0, 0.1) is 6.92 Å². The van der Waals surface area contributed by atoms with E-state index in [-0.39, 0.29) is 18.3 Å². The van der Waals surface area contributed by atoms with Gasteiger partial charge < -0.3 is 11.1 Å². The van der Waals surface area contributed by atoms with Crippen LogP contribution in [0.25, 0.3) is 0 Å². The Kier molecular flexibility index (Phi) is 6.99. The first-order valence-electron chi connectivity index (χ1n) is 6.93. The molecule has 0 radical (unpaired) electrons. The van der Waals surface area contributed by atoms with E-state index >= 15 is 0 Å². The number of carbonyl (C=O) groups is 1. The molecule has 5 heteroatoms. The molecule has 0 atom stereocenters. The van der Waals surface area contributed by atoms with Gasteiger partial charge in [0.15, 0.2) is 0 Å². The second kappa shape index (κ2) is 8.25. The molecule has 1 saturated heterocycles. The summed E-state index contributed by atoms with van der Waals surface area (Å²) in [5.74, 6) is 0.0936. The van der Waals surface area contributed by atoms with Crippen molar-refractivity contribution < 1.29 is 4.79 Å². The zero-order chi connectivity index (χ0) is 13.7. The van der Waals surface area contributed by atoms with Gasteiger partial charge in [-0.05, 0) is 25.3 Å². The molecule has 3 N–H and O–H groups in total. The average Bonchev–Trinajstić information content (AvgIpc) is 2.41. The van der Waals surface area contributed by atoms with Crippen molar-refractivity contribution in [1.82, 2.24) is 10.2 Å². The van der Waals surface area contributed by atoms with Crippen LogP contribution in [0.5, 0.6) is 0 Å². The van der Waals surface area contributed by atoms with Crippen molar-refractivity contribution in [2.75, 3.05) is 19.6 Å². The first-order chi connectivity index (χ1) is 9.13. The molecule has 1 aliphatic rings. The summed E-state index contributed by atoms with van der Waals surface area (Å²) < 4.78 is 0. The normalized spacial score (nSPS) is 16.5. The molecule has 0 aliphatic carbocycles. The van der Waals surface area contributed by atoms with E-state index in [4.69, 9.17) is 5.73 Å². The molecule has 20 heavy (non-hydrogen) atoms. The van der Waals surface area contributed by atoms with Crippen LogP contribution in [0.1, 0.15) is 24.0 Å². The van der Waals surface area contributed by atoms with Gasteiger partial charge in [-0.15, -0.1) is 12.4 Å². The molecule has 0 bridgehead atoms. The number of carbonyl (C=O) groups excluding carboxylic acids is 1. The lowest BCUT2D eigenvalue weighted by molar-refractivity contribution is -0.122. The van der Waals surface area contributed by atoms with Crippen molar-refractivity contribution >= 4 is 18.3 Å². The van der Waals surface area contributed by atoms with Gasteiger partial charge in [0.25, 0.3) is 0 Å². The lowest BCUT2D eigenvalue weighted by atomic mass is 10.1. The zero-order valence-corrected chi connectivity index (χ0v) is 12.8. The van der Waals surface area contributed by atoms with E-state index in [9.17, 15) is 4.79 Å². The predicted molar refractivity (Wildman–Crippen MR) is 83.9 cm³/mol. The van der Waals surface area contributed by atoms with Crippen molar-refractivity contribution in [2.24, 2.45) is 5.73 Å². The molecule has 0 spiro atoms. The van der Waals surface area contributed by atoms with E-state index in [1.807, 2.05) is 0 Å². The van der Waals surface area contributed by atoms with Crippen molar-refractivity contribution in [3.8, 4) is 0 Å². The standard InChI is InChI=1S/C15H23N3O.ClH/c1-12-2-4-13(5-3-12)10-17-15(19)11-18-8-6-14(16)7-9-18;/h2-5,14H,6-11,16H2,1H3,(H,17,19);1H. The predicted octanol–water partition coefficient (Wildman–Crippen LogP) is 1.46. The molecule has 1 aromatic carbocycles.